The molecule has 0 atom stereocenters. The van der Waals surface area contributed by atoms with Gasteiger partial charge in [-0.15, -0.1) is 0 Å². The molecule has 0 aliphatic carbocycles. The first kappa shape index (κ1) is 19.4. The van der Waals surface area contributed by atoms with Gasteiger partial charge in [0.15, 0.2) is 6.29 Å². The number of amides is 1. The third-order valence-electron chi connectivity index (χ3n) is 2.76. The highest BCUT2D eigenvalue weighted by Gasteiger charge is 2.15. The van der Waals surface area contributed by atoms with Crippen LogP contribution in [0.5, 0.6) is 5.75 Å². The molecule has 0 heterocycles. The predicted octanol–water partition coefficient (Wildman–Crippen LogP) is 3.66. The maximum absolute atomic E-state index is 11.5. The molecule has 0 bridgehead atoms. The van der Waals surface area contributed by atoms with Gasteiger partial charge in [-0.2, -0.15) is 11.8 Å². The lowest BCUT2D eigenvalue weighted by molar-refractivity contribution is 0.0525. The van der Waals surface area contributed by atoms with Gasteiger partial charge in [-0.25, -0.2) is 4.79 Å². The average Bonchev–Trinajstić information content (AvgIpc) is 2.45. The Balaban J connectivity index is 2.39. The van der Waals surface area contributed by atoms with E-state index in [4.69, 9.17) is 9.47 Å². The van der Waals surface area contributed by atoms with Gasteiger partial charge in [0.1, 0.15) is 11.4 Å². The molecule has 0 radical (unpaired) electrons. The van der Waals surface area contributed by atoms with Gasteiger partial charge >= 0.3 is 6.09 Å². The summed E-state index contributed by atoms with van der Waals surface area (Å²) in [5.74, 6) is 1.46. The van der Waals surface area contributed by atoms with Crippen LogP contribution in [0.15, 0.2) is 18.2 Å². The zero-order valence-corrected chi connectivity index (χ0v) is 15.0. The Morgan fingerprint density at radius 3 is 2.70 bits per heavy atom. The lowest BCUT2D eigenvalue weighted by Gasteiger charge is -2.19. The van der Waals surface area contributed by atoms with E-state index in [0.717, 1.165) is 17.6 Å². The summed E-state index contributed by atoms with van der Waals surface area (Å²) in [5.41, 5.74) is 1.15. The molecule has 5 nitrogen and oxygen atoms in total. The van der Waals surface area contributed by atoms with Crippen LogP contribution in [0.1, 0.15) is 43.1 Å². The molecule has 0 unspecified atom stereocenters. The molecule has 6 heteroatoms. The quantitative estimate of drug-likeness (QED) is 0.578. The van der Waals surface area contributed by atoms with Gasteiger partial charge in [0.25, 0.3) is 0 Å². The number of carbonyl (C=O) groups excluding carboxylic acids is 2. The molecule has 0 aromatic heterocycles. The van der Waals surface area contributed by atoms with E-state index in [1.54, 1.807) is 17.8 Å². The largest absolute Gasteiger partial charge is 0.493 e. The van der Waals surface area contributed by atoms with Crippen molar-refractivity contribution in [3.63, 3.8) is 0 Å². The van der Waals surface area contributed by atoms with Crippen molar-refractivity contribution in [3.05, 3.63) is 29.3 Å². The van der Waals surface area contributed by atoms with Gasteiger partial charge in [-0.1, -0.05) is 6.07 Å². The monoisotopic (exact) mass is 339 g/mol. The van der Waals surface area contributed by atoms with Gasteiger partial charge in [0.05, 0.1) is 12.2 Å². The Hall–Kier alpha value is -1.69. The lowest BCUT2D eigenvalue weighted by Crippen LogP contribution is -2.33. The van der Waals surface area contributed by atoms with Crippen LogP contribution in [-0.2, 0) is 10.5 Å². The second kappa shape index (κ2) is 9.45. The van der Waals surface area contributed by atoms with Crippen LogP contribution < -0.4 is 10.1 Å². The minimum absolute atomic E-state index is 0.416. The summed E-state index contributed by atoms with van der Waals surface area (Å²) in [6, 6.07) is 5.59. The molecule has 23 heavy (non-hydrogen) atoms. The predicted molar refractivity (Wildman–Crippen MR) is 93.4 cm³/mol. The summed E-state index contributed by atoms with van der Waals surface area (Å²) >= 11 is 1.71. The Morgan fingerprint density at radius 1 is 1.35 bits per heavy atom. The molecule has 1 aromatic rings. The Morgan fingerprint density at radius 2 is 2.09 bits per heavy atom. The molecule has 0 aliphatic heterocycles. The fourth-order valence-electron chi connectivity index (χ4n) is 1.82. The number of nitrogens with one attached hydrogen (secondary N) is 1. The standard InChI is InChI=1S/C17H25NO4S/c1-17(2,3)22-16(20)18-8-5-9-21-15-10-13(12-23-4)6-7-14(15)11-19/h6-7,10-11H,5,8-9,12H2,1-4H3,(H,18,20). The number of thioether (sulfide) groups is 1. The molecular weight excluding hydrogens is 314 g/mol. The highest BCUT2D eigenvalue weighted by Crippen LogP contribution is 2.21. The summed E-state index contributed by atoms with van der Waals surface area (Å²) < 4.78 is 10.8. The highest BCUT2D eigenvalue weighted by atomic mass is 32.2. The van der Waals surface area contributed by atoms with Crippen molar-refractivity contribution in [1.82, 2.24) is 5.32 Å². The van der Waals surface area contributed by atoms with Crippen LogP contribution in [0.2, 0.25) is 0 Å². The van der Waals surface area contributed by atoms with Crippen molar-refractivity contribution in [3.8, 4) is 5.75 Å². The van der Waals surface area contributed by atoms with Crippen molar-refractivity contribution in [2.24, 2.45) is 0 Å². The number of benzene rings is 1. The minimum atomic E-state index is -0.503. The van der Waals surface area contributed by atoms with Gasteiger partial charge in [-0.05, 0) is 51.1 Å². The number of alkyl carbamates (subject to hydrolysis) is 1. The van der Waals surface area contributed by atoms with Gasteiger partial charge in [0, 0.05) is 12.3 Å². The highest BCUT2D eigenvalue weighted by molar-refractivity contribution is 7.97. The Bertz CT molecular complexity index is 526. The molecule has 0 spiro atoms. The van der Waals surface area contributed by atoms with Crippen LogP contribution in [0.3, 0.4) is 0 Å². The summed E-state index contributed by atoms with van der Waals surface area (Å²) in [7, 11) is 0. The van der Waals surface area contributed by atoms with Crippen molar-refractivity contribution in [2.75, 3.05) is 19.4 Å². The summed E-state index contributed by atoms with van der Waals surface area (Å²) in [6.45, 7) is 6.32. The van der Waals surface area contributed by atoms with Gasteiger partial charge in [0.2, 0.25) is 0 Å². The number of hydrogen-bond acceptors (Lipinski definition) is 5. The normalized spacial score (nSPS) is 11.0. The van der Waals surface area contributed by atoms with Crippen LogP contribution in [-0.4, -0.2) is 37.4 Å². The molecule has 1 aromatic carbocycles. The van der Waals surface area contributed by atoms with Crippen LogP contribution in [0.4, 0.5) is 4.79 Å². The first-order valence-corrected chi connectivity index (χ1v) is 8.92. The minimum Gasteiger partial charge on any atom is -0.493 e. The molecule has 1 rings (SSSR count). The Kier molecular flexibility index (Phi) is 7.95. The van der Waals surface area contributed by atoms with Crippen LogP contribution in [0, 0.1) is 0 Å². The van der Waals surface area contributed by atoms with Crippen LogP contribution in [0.25, 0.3) is 0 Å². The number of aldehydes is 1. The Labute approximate surface area is 142 Å². The fourth-order valence-corrected chi connectivity index (χ4v) is 2.33. The molecular formula is C17H25NO4S. The zero-order chi connectivity index (χ0) is 17.3. The first-order valence-electron chi connectivity index (χ1n) is 7.52. The molecule has 0 saturated carbocycles. The van der Waals surface area contributed by atoms with E-state index in [1.165, 1.54) is 0 Å². The number of rotatable bonds is 8. The molecule has 0 aliphatic rings. The van der Waals surface area contributed by atoms with E-state index in [1.807, 2.05) is 39.2 Å². The third-order valence-corrected chi connectivity index (χ3v) is 3.38. The SMILES string of the molecule is CSCc1ccc(C=O)c(OCCCNC(=O)OC(C)(C)C)c1. The van der Waals surface area contributed by atoms with E-state index in [0.29, 0.717) is 30.9 Å². The molecule has 1 amide bonds. The molecule has 128 valence electrons. The average molecular weight is 339 g/mol. The lowest BCUT2D eigenvalue weighted by atomic mass is 10.1. The zero-order valence-electron chi connectivity index (χ0n) is 14.2. The smallest absolute Gasteiger partial charge is 0.407 e. The van der Waals surface area contributed by atoms with Gasteiger partial charge in [-0.3, -0.25) is 4.79 Å². The van der Waals surface area contributed by atoms with E-state index in [2.05, 4.69) is 5.32 Å². The third kappa shape index (κ3) is 7.93. The summed E-state index contributed by atoms with van der Waals surface area (Å²) in [5, 5.41) is 2.67. The maximum atomic E-state index is 11.5. The van der Waals surface area contributed by atoms with Crippen molar-refractivity contribution < 1.29 is 19.1 Å². The van der Waals surface area contributed by atoms with Crippen LogP contribution >= 0.6 is 11.8 Å². The van der Waals surface area contributed by atoms with E-state index in [-0.39, 0.29) is 0 Å². The fraction of sp³-hybridized carbons (Fsp3) is 0.529. The van der Waals surface area contributed by atoms with E-state index < -0.39 is 11.7 Å². The number of ether oxygens (including phenoxy) is 2. The van der Waals surface area contributed by atoms with Crippen molar-refractivity contribution in [2.45, 2.75) is 38.5 Å². The van der Waals surface area contributed by atoms with E-state index in [9.17, 15) is 9.59 Å². The number of hydrogen-bond donors (Lipinski definition) is 1. The second-order valence-corrected chi connectivity index (χ2v) is 6.92. The maximum Gasteiger partial charge on any atom is 0.407 e. The topological polar surface area (TPSA) is 64.6 Å². The number of carbonyl (C=O) groups is 2. The van der Waals surface area contributed by atoms with E-state index >= 15 is 0 Å². The second-order valence-electron chi connectivity index (χ2n) is 6.05. The molecule has 0 saturated heterocycles. The van der Waals surface area contributed by atoms with Crippen molar-refractivity contribution >= 4 is 24.1 Å². The molecule has 1 N–H and O–H groups in total. The van der Waals surface area contributed by atoms with Crippen molar-refractivity contribution in [1.29, 1.82) is 0 Å². The molecule has 0 fully saturated rings. The first-order chi connectivity index (χ1) is 10.9. The summed E-state index contributed by atoms with van der Waals surface area (Å²) in [6.07, 6.45) is 3.01. The summed E-state index contributed by atoms with van der Waals surface area (Å²) in [4.78, 5) is 22.5. The van der Waals surface area contributed by atoms with Gasteiger partial charge < -0.3 is 14.8 Å².